The zero-order valence-electron chi connectivity index (χ0n) is 19.5. The van der Waals surface area contributed by atoms with Crippen LogP contribution in [0.2, 0.25) is 0 Å². The Morgan fingerprint density at radius 3 is 2.55 bits per heavy atom. The summed E-state index contributed by atoms with van der Waals surface area (Å²) in [4.78, 5) is 0. The highest BCUT2D eigenvalue weighted by Crippen LogP contribution is 2.66. The van der Waals surface area contributed by atoms with Gasteiger partial charge >= 0.3 is 0 Å². The lowest BCUT2D eigenvalue weighted by molar-refractivity contribution is 0.0298. The SMILES string of the molecule is CC(CCCC(C)(C)O)C1CC[C@@H]2C3=CC=C4CC(O)CC[C@]4(C)[C@@H]3CC[C@]12C. The van der Waals surface area contributed by atoms with Crippen molar-refractivity contribution in [3.05, 3.63) is 23.3 Å². The van der Waals surface area contributed by atoms with Gasteiger partial charge in [-0.3, -0.25) is 0 Å². The van der Waals surface area contributed by atoms with Crippen LogP contribution < -0.4 is 0 Å². The first-order chi connectivity index (χ1) is 13.5. The Morgan fingerprint density at radius 1 is 1.07 bits per heavy atom. The van der Waals surface area contributed by atoms with Crippen molar-refractivity contribution in [2.75, 3.05) is 0 Å². The molecule has 4 aliphatic carbocycles. The van der Waals surface area contributed by atoms with Crippen molar-refractivity contribution in [1.82, 2.24) is 0 Å². The molecule has 0 aromatic rings. The monoisotopic (exact) mass is 400 g/mol. The molecule has 3 fully saturated rings. The van der Waals surface area contributed by atoms with E-state index in [1.165, 1.54) is 37.7 Å². The molecule has 0 saturated heterocycles. The Hall–Kier alpha value is -0.600. The van der Waals surface area contributed by atoms with E-state index in [0.717, 1.165) is 49.9 Å². The maximum atomic E-state index is 10.2. The molecular formula is C27H44O2. The van der Waals surface area contributed by atoms with Crippen LogP contribution in [0.3, 0.4) is 0 Å². The molecule has 4 aliphatic rings. The van der Waals surface area contributed by atoms with Crippen LogP contribution in [0.1, 0.15) is 98.8 Å². The third-order valence-corrected chi connectivity index (χ3v) is 9.75. The van der Waals surface area contributed by atoms with Crippen LogP contribution in [0.5, 0.6) is 0 Å². The minimum absolute atomic E-state index is 0.126. The molecule has 2 nitrogen and oxygen atoms in total. The summed E-state index contributed by atoms with van der Waals surface area (Å²) in [7, 11) is 0. The molecule has 29 heavy (non-hydrogen) atoms. The number of hydrogen-bond donors (Lipinski definition) is 2. The second-order valence-electron chi connectivity index (χ2n) is 12.2. The first-order valence-electron chi connectivity index (χ1n) is 12.4. The summed E-state index contributed by atoms with van der Waals surface area (Å²) < 4.78 is 0. The molecule has 0 radical (unpaired) electrons. The van der Waals surface area contributed by atoms with Crippen molar-refractivity contribution < 1.29 is 10.2 Å². The third kappa shape index (κ3) is 3.78. The van der Waals surface area contributed by atoms with Gasteiger partial charge in [0, 0.05) is 0 Å². The molecule has 0 aromatic carbocycles. The molecular weight excluding hydrogens is 356 g/mol. The van der Waals surface area contributed by atoms with Crippen LogP contribution in [0.25, 0.3) is 0 Å². The van der Waals surface area contributed by atoms with E-state index < -0.39 is 5.60 Å². The molecule has 0 heterocycles. The second-order valence-corrected chi connectivity index (χ2v) is 12.2. The Morgan fingerprint density at radius 2 is 1.83 bits per heavy atom. The summed E-state index contributed by atoms with van der Waals surface area (Å²) in [6, 6.07) is 0. The number of fused-ring (bicyclic) bond motifs is 5. The van der Waals surface area contributed by atoms with Crippen LogP contribution in [0, 0.1) is 34.5 Å². The number of rotatable bonds is 5. The smallest absolute Gasteiger partial charge is 0.0591 e. The fourth-order valence-corrected chi connectivity index (χ4v) is 8.02. The van der Waals surface area contributed by atoms with Gasteiger partial charge in [-0.25, -0.2) is 0 Å². The first kappa shape index (κ1) is 21.6. The van der Waals surface area contributed by atoms with Crippen molar-refractivity contribution in [3.8, 4) is 0 Å². The Kier molecular flexibility index (Phi) is 5.61. The zero-order chi connectivity index (χ0) is 21.0. The summed E-state index contributed by atoms with van der Waals surface area (Å²) in [5, 5.41) is 20.3. The zero-order valence-corrected chi connectivity index (χ0v) is 19.5. The molecule has 0 aliphatic heterocycles. The minimum atomic E-state index is -0.528. The Balaban J connectivity index is 1.51. The van der Waals surface area contributed by atoms with Crippen LogP contribution in [0.15, 0.2) is 23.3 Å². The molecule has 0 bridgehead atoms. The van der Waals surface area contributed by atoms with Crippen molar-refractivity contribution >= 4 is 0 Å². The number of aliphatic hydroxyl groups is 2. The quantitative estimate of drug-likeness (QED) is 0.559. The van der Waals surface area contributed by atoms with Crippen molar-refractivity contribution in [2.24, 2.45) is 34.5 Å². The summed E-state index contributed by atoms with van der Waals surface area (Å²) in [6.07, 6.45) is 16.5. The highest BCUT2D eigenvalue weighted by atomic mass is 16.3. The lowest BCUT2D eigenvalue weighted by Gasteiger charge is -2.55. The summed E-state index contributed by atoms with van der Waals surface area (Å²) in [5.41, 5.74) is 3.49. The Labute approximate surface area is 178 Å². The van der Waals surface area contributed by atoms with Crippen LogP contribution in [0.4, 0.5) is 0 Å². The van der Waals surface area contributed by atoms with E-state index in [9.17, 15) is 10.2 Å². The van der Waals surface area contributed by atoms with Gasteiger partial charge in [0.15, 0.2) is 0 Å². The van der Waals surface area contributed by atoms with E-state index in [0.29, 0.717) is 16.7 Å². The number of allylic oxidation sites excluding steroid dienone is 3. The predicted octanol–water partition coefficient (Wildman–Crippen LogP) is 6.42. The van der Waals surface area contributed by atoms with Gasteiger partial charge in [-0.15, -0.1) is 0 Å². The third-order valence-electron chi connectivity index (χ3n) is 9.75. The maximum absolute atomic E-state index is 10.2. The Bertz CT molecular complexity index is 683. The van der Waals surface area contributed by atoms with E-state index >= 15 is 0 Å². The molecule has 0 aromatic heterocycles. The average molecular weight is 401 g/mol. The van der Waals surface area contributed by atoms with Gasteiger partial charge in [0.1, 0.15) is 0 Å². The molecule has 3 saturated carbocycles. The highest BCUT2D eigenvalue weighted by molar-refractivity contribution is 5.38. The van der Waals surface area contributed by atoms with Gasteiger partial charge in [-0.05, 0) is 99.7 Å². The fourth-order valence-electron chi connectivity index (χ4n) is 8.02. The van der Waals surface area contributed by atoms with Crippen LogP contribution in [-0.4, -0.2) is 21.9 Å². The molecule has 2 N–H and O–H groups in total. The predicted molar refractivity (Wildman–Crippen MR) is 120 cm³/mol. The van der Waals surface area contributed by atoms with E-state index in [2.05, 4.69) is 32.9 Å². The fraction of sp³-hybridized carbons (Fsp3) is 0.852. The van der Waals surface area contributed by atoms with Gasteiger partial charge in [-0.1, -0.05) is 56.9 Å². The lowest BCUT2D eigenvalue weighted by Crippen LogP contribution is -2.46. The summed E-state index contributed by atoms with van der Waals surface area (Å²) >= 11 is 0. The van der Waals surface area contributed by atoms with Gasteiger partial charge in [-0.2, -0.15) is 0 Å². The van der Waals surface area contributed by atoms with E-state index in [-0.39, 0.29) is 6.10 Å². The molecule has 0 spiro atoms. The van der Waals surface area contributed by atoms with E-state index in [1.807, 2.05) is 13.8 Å². The van der Waals surface area contributed by atoms with Crippen LogP contribution in [-0.2, 0) is 0 Å². The minimum Gasteiger partial charge on any atom is -0.393 e. The topological polar surface area (TPSA) is 40.5 Å². The van der Waals surface area contributed by atoms with Crippen molar-refractivity contribution in [1.29, 1.82) is 0 Å². The highest BCUT2D eigenvalue weighted by Gasteiger charge is 2.56. The molecule has 4 rings (SSSR count). The maximum Gasteiger partial charge on any atom is 0.0591 e. The number of aliphatic hydroxyl groups excluding tert-OH is 1. The van der Waals surface area contributed by atoms with Gasteiger partial charge < -0.3 is 10.2 Å². The molecule has 7 atom stereocenters. The van der Waals surface area contributed by atoms with E-state index in [4.69, 9.17) is 0 Å². The normalized spacial score (nSPS) is 43.0. The van der Waals surface area contributed by atoms with Crippen molar-refractivity contribution in [3.63, 3.8) is 0 Å². The van der Waals surface area contributed by atoms with Gasteiger partial charge in [0.25, 0.3) is 0 Å². The number of hydrogen-bond acceptors (Lipinski definition) is 2. The largest absolute Gasteiger partial charge is 0.393 e. The van der Waals surface area contributed by atoms with E-state index in [1.54, 1.807) is 5.57 Å². The van der Waals surface area contributed by atoms with Crippen LogP contribution >= 0.6 is 0 Å². The molecule has 164 valence electrons. The molecule has 3 unspecified atom stereocenters. The summed E-state index contributed by atoms with van der Waals surface area (Å²) in [5.74, 6) is 3.03. The second kappa shape index (κ2) is 7.52. The first-order valence-corrected chi connectivity index (χ1v) is 12.4. The van der Waals surface area contributed by atoms with Gasteiger partial charge in [0.05, 0.1) is 11.7 Å². The average Bonchev–Trinajstić information content (AvgIpc) is 2.98. The molecule has 2 heteroatoms. The van der Waals surface area contributed by atoms with Gasteiger partial charge in [0.2, 0.25) is 0 Å². The standard InChI is InChI=1S/C27H44O2/c1-18(7-6-14-25(2,3)29)22-10-11-23-21-9-8-19-17-20(28)12-15-26(19,4)24(21)13-16-27(22,23)5/h8-9,18,20,22-24,28-29H,6-7,10-17H2,1-5H3/t18?,20?,22?,23-,24-,26+,27-/m1/s1. The lowest BCUT2D eigenvalue weighted by atomic mass is 9.50. The molecule has 0 amide bonds. The summed E-state index contributed by atoms with van der Waals surface area (Å²) in [6.45, 7) is 11.5. The van der Waals surface area contributed by atoms with Crippen molar-refractivity contribution in [2.45, 2.75) is 111 Å².